The third-order valence-electron chi connectivity index (χ3n) is 7.48. The quantitative estimate of drug-likeness (QED) is 0.116. The van der Waals surface area contributed by atoms with Gasteiger partial charge in [0.2, 0.25) is 17.7 Å². The Balaban J connectivity index is 1.48. The largest absolute Gasteiger partial charge is 0.508 e. The van der Waals surface area contributed by atoms with Crippen molar-refractivity contribution in [3.63, 3.8) is 0 Å². The van der Waals surface area contributed by atoms with Gasteiger partial charge in [0, 0.05) is 31.8 Å². The Morgan fingerprint density at radius 3 is 2.45 bits per heavy atom. The molecule has 0 fully saturated rings. The molecule has 0 saturated carbocycles. The number of benzene rings is 2. The molecule has 0 aliphatic heterocycles. The van der Waals surface area contributed by atoms with E-state index in [1.165, 1.54) is 0 Å². The maximum absolute atomic E-state index is 13.8. The predicted molar refractivity (Wildman–Crippen MR) is 165 cm³/mol. The predicted octanol–water partition coefficient (Wildman–Crippen LogP) is 1.80. The van der Waals surface area contributed by atoms with Crippen molar-refractivity contribution in [1.29, 1.82) is 0 Å². The zero-order valence-electron chi connectivity index (χ0n) is 25.1. The van der Waals surface area contributed by atoms with Crippen LogP contribution >= 0.6 is 0 Å². The van der Waals surface area contributed by atoms with E-state index < -0.39 is 29.9 Å². The Hall–Kier alpha value is -4.75. The number of nitrogens with zero attached hydrogens (tertiary/aromatic N) is 4. The van der Waals surface area contributed by atoms with Crippen molar-refractivity contribution in [1.82, 2.24) is 30.3 Å². The van der Waals surface area contributed by atoms with Crippen molar-refractivity contribution in [2.45, 2.75) is 70.6 Å². The zero-order chi connectivity index (χ0) is 31.6. The summed E-state index contributed by atoms with van der Waals surface area (Å²) >= 11 is 0. The molecular formula is C31H41N9O4. The zero-order valence-corrected chi connectivity index (χ0v) is 25.1. The van der Waals surface area contributed by atoms with Crippen LogP contribution in [-0.2, 0) is 29.0 Å². The first-order valence-electron chi connectivity index (χ1n) is 14.6. The lowest BCUT2D eigenvalue weighted by Crippen LogP contribution is -2.53. The molecule has 0 radical (unpaired) electrons. The number of nitrogens with one attached hydrogen (secondary N) is 2. The van der Waals surface area contributed by atoms with E-state index >= 15 is 0 Å². The molecule has 0 aliphatic rings. The number of amides is 2. The van der Waals surface area contributed by atoms with Gasteiger partial charge in [-0.05, 0) is 74.0 Å². The van der Waals surface area contributed by atoms with Crippen LogP contribution in [0.5, 0.6) is 5.75 Å². The minimum atomic E-state index is -0.980. The van der Waals surface area contributed by atoms with Gasteiger partial charge in [-0.3, -0.25) is 9.59 Å². The maximum Gasteiger partial charge on any atom is 0.249 e. The van der Waals surface area contributed by atoms with E-state index in [1.54, 1.807) is 29.1 Å². The standard InChI is InChI=1S/C31H41N9O4/c1-19-15-22(41)16-20(2)23(19)18-26(37-28(42)24(33)9-6-13-40-14-12-35-31(40)34)29(43)36-25(10-11-32)30-38-27(39-44-30)17-21-7-4-3-5-8-21/h3-5,7-8,12,14-16,24-26,41H,6,9-11,13,17-18,32-33H2,1-2H3,(H2,34,35)(H,36,43)(H,37,42)/t24?,25-,26?/m0/s1. The molecule has 3 atom stereocenters. The number of carbonyl (C=O) groups excluding carboxylic acids is 2. The van der Waals surface area contributed by atoms with E-state index in [0.29, 0.717) is 44.0 Å². The molecule has 0 saturated heterocycles. The smallest absolute Gasteiger partial charge is 0.249 e. The summed E-state index contributed by atoms with van der Waals surface area (Å²) in [5, 5.41) is 19.9. The third-order valence-corrected chi connectivity index (χ3v) is 7.48. The number of hydrogen-bond acceptors (Lipinski definition) is 10. The Bertz CT molecular complexity index is 1510. The lowest BCUT2D eigenvalue weighted by atomic mass is 9.95. The van der Waals surface area contributed by atoms with E-state index in [9.17, 15) is 14.7 Å². The van der Waals surface area contributed by atoms with E-state index in [0.717, 1.165) is 22.3 Å². The Kier molecular flexibility index (Phi) is 11.1. The number of nitrogens with two attached hydrogens (primary N) is 3. The van der Waals surface area contributed by atoms with Gasteiger partial charge >= 0.3 is 0 Å². The highest BCUT2D eigenvalue weighted by Crippen LogP contribution is 2.23. The molecule has 2 amide bonds. The van der Waals surface area contributed by atoms with E-state index in [-0.39, 0.29) is 24.6 Å². The molecule has 2 aromatic carbocycles. The number of phenolic OH excluding ortho intramolecular Hbond substituents is 1. The lowest BCUT2D eigenvalue weighted by Gasteiger charge is -2.24. The van der Waals surface area contributed by atoms with E-state index in [4.69, 9.17) is 21.7 Å². The molecule has 2 aromatic heterocycles. The Morgan fingerprint density at radius 2 is 1.80 bits per heavy atom. The molecule has 0 spiro atoms. The van der Waals surface area contributed by atoms with E-state index in [1.807, 2.05) is 44.2 Å². The normalized spacial score (nSPS) is 13.3. The number of nitrogen functional groups attached to an aromatic ring is 1. The van der Waals surface area contributed by atoms with Crippen molar-refractivity contribution in [2.24, 2.45) is 11.5 Å². The lowest BCUT2D eigenvalue weighted by molar-refractivity contribution is -0.130. The molecule has 13 nitrogen and oxygen atoms in total. The second-order valence-corrected chi connectivity index (χ2v) is 10.9. The van der Waals surface area contributed by atoms with Crippen LogP contribution in [0.15, 0.2) is 59.4 Å². The molecule has 44 heavy (non-hydrogen) atoms. The number of hydrogen-bond donors (Lipinski definition) is 6. The van der Waals surface area contributed by atoms with E-state index in [2.05, 4.69) is 25.8 Å². The molecule has 0 aliphatic carbocycles. The van der Waals surface area contributed by atoms with Gasteiger partial charge in [-0.1, -0.05) is 35.5 Å². The summed E-state index contributed by atoms with van der Waals surface area (Å²) in [6, 6.07) is 10.5. The van der Waals surface area contributed by atoms with Crippen LogP contribution in [0.4, 0.5) is 5.95 Å². The van der Waals surface area contributed by atoms with Crippen molar-refractivity contribution < 1.29 is 19.2 Å². The average molecular weight is 604 g/mol. The van der Waals surface area contributed by atoms with Gasteiger partial charge in [0.1, 0.15) is 17.8 Å². The van der Waals surface area contributed by atoms with Gasteiger partial charge in [0.05, 0.1) is 6.04 Å². The maximum atomic E-state index is 13.8. The molecule has 234 valence electrons. The highest BCUT2D eigenvalue weighted by molar-refractivity contribution is 5.90. The number of aromatic hydroxyl groups is 1. The summed E-state index contributed by atoms with van der Waals surface area (Å²) in [5.74, 6) is 0.305. The molecule has 4 aromatic rings. The fourth-order valence-electron chi connectivity index (χ4n) is 5.08. The second-order valence-electron chi connectivity index (χ2n) is 10.9. The number of rotatable bonds is 15. The van der Waals surface area contributed by atoms with Crippen LogP contribution in [-0.4, -0.2) is 55.2 Å². The van der Waals surface area contributed by atoms with Crippen molar-refractivity contribution in [3.8, 4) is 5.75 Å². The van der Waals surface area contributed by atoms with Gasteiger partial charge in [-0.2, -0.15) is 4.98 Å². The Labute approximate surface area is 256 Å². The highest BCUT2D eigenvalue weighted by Gasteiger charge is 2.29. The third kappa shape index (κ3) is 8.64. The first-order chi connectivity index (χ1) is 21.1. The molecule has 4 rings (SSSR count). The van der Waals surface area contributed by atoms with Gasteiger partial charge in [-0.25, -0.2) is 4.98 Å². The number of imidazole rings is 1. The van der Waals surface area contributed by atoms with Crippen molar-refractivity contribution >= 4 is 17.8 Å². The summed E-state index contributed by atoms with van der Waals surface area (Å²) < 4.78 is 7.30. The monoisotopic (exact) mass is 603 g/mol. The minimum Gasteiger partial charge on any atom is -0.508 e. The number of aromatic nitrogens is 4. The van der Waals surface area contributed by atoms with Crippen LogP contribution in [0.2, 0.25) is 0 Å². The van der Waals surface area contributed by atoms with Gasteiger partial charge in [-0.15, -0.1) is 0 Å². The fraction of sp³-hybridized carbons (Fsp3) is 0.387. The summed E-state index contributed by atoms with van der Waals surface area (Å²) in [4.78, 5) is 35.5. The molecule has 13 heteroatoms. The molecule has 9 N–H and O–H groups in total. The number of carbonyl (C=O) groups is 2. The summed E-state index contributed by atoms with van der Waals surface area (Å²) in [6.45, 7) is 4.49. The SMILES string of the molecule is Cc1cc(O)cc(C)c1CC(NC(=O)C(N)CCCn1ccnc1N)C(=O)N[C@@H](CCN)c1nc(Cc2ccccc2)no1. The van der Waals surface area contributed by atoms with Crippen LogP contribution in [0.25, 0.3) is 0 Å². The second kappa shape index (κ2) is 15.1. The number of aryl methyl sites for hydroxylation is 3. The van der Waals surface area contributed by atoms with Gasteiger partial charge in [0.15, 0.2) is 11.8 Å². The highest BCUT2D eigenvalue weighted by atomic mass is 16.5. The first kappa shape index (κ1) is 32.2. The van der Waals surface area contributed by atoms with Crippen molar-refractivity contribution in [3.05, 3.63) is 88.8 Å². The Morgan fingerprint density at radius 1 is 1.07 bits per heavy atom. The summed E-state index contributed by atoms with van der Waals surface area (Å²) in [6.07, 6.45) is 5.31. The molecule has 2 unspecified atom stereocenters. The first-order valence-corrected chi connectivity index (χ1v) is 14.6. The van der Waals surface area contributed by atoms with Crippen LogP contribution in [0.1, 0.15) is 59.3 Å². The summed E-state index contributed by atoms with van der Waals surface area (Å²) in [5.41, 5.74) is 21.4. The van der Waals surface area contributed by atoms with Gasteiger partial charge < -0.3 is 42.0 Å². The molecule has 0 bridgehead atoms. The minimum absolute atomic E-state index is 0.125. The average Bonchev–Trinajstić information content (AvgIpc) is 3.63. The molecular weight excluding hydrogens is 562 g/mol. The summed E-state index contributed by atoms with van der Waals surface area (Å²) in [7, 11) is 0. The number of phenols is 1. The van der Waals surface area contributed by atoms with Crippen LogP contribution in [0.3, 0.4) is 0 Å². The van der Waals surface area contributed by atoms with Crippen LogP contribution < -0.4 is 27.8 Å². The van der Waals surface area contributed by atoms with Gasteiger partial charge in [0.25, 0.3) is 0 Å². The topological polar surface area (TPSA) is 213 Å². The van der Waals surface area contributed by atoms with Crippen LogP contribution in [0, 0.1) is 13.8 Å². The van der Waals surface area contributed by atoms with Crippen molar-refractivity contribution in [2.75, 3.05) is 12.3 Å². The number of anilines is 1. The fourth-order valence-corrected chi connectivity index (χ4v) is 5.08. The molecule has 2 heterocycles.